The first-order chi connectivity index (χ1) is 18.9. The third kappa shape index (κ3) is 6.36. The van der Waals surface area contributed by atoms with Crippen LogP contribution in [0, 0.1) is 11.3 Å². The van der Waals surface area contributed by atoms with E-state index in [1.807, 2.05) is 32.9 Å². The smallest absolute Gasteiger partial charge is 0.308 e. The number of ether oxygens (including phenoxy) is 3. The highest BCUT2D eigenvalue weighted by Crippen LogP contribution is 2.45. The van der Waals surface area contributed by atoms with Gasteiger partial charge in [-0.25, -0.2) is 0 Å². The molecule has 2 aliphatic heterocycles. The van der Waals surface area contributed by atoms with Gasteiger partial charge >= 0.3 is 5.97 Å². The van der Waals surface area contributed by atoms with E-state index in [2.05, 4.69) is 0 Å². The van der Waals surface area contributed by atoms with Gasteiger partial charge in [0, 0.05) is 41.5 Å². The van der Waals surface area contributed by atoms with E-state index in [0.29, 0.717) is 59.3 Å². The van der Waals surface area contributed by atoms with Crippen LogP contribution in [0.5, 0.6) is 11.5 Å². The molecule has 0 saturated carbocycles. The van der Waals surface area contributed by atoms with Crippen molar-refractivity contribution < 1.29 is 33.7 Å². The molecule has 2 aliphatic rings. The molecule has 40 heavy (non-hydrogen) atoms. The number of amides is 2. The Labute approximate surface area is 239 Å². The highest BCUT2D eigenvalue weighted by atomic mass is 35.5. The molecule has 9 nitrogen and oxygen atoms in total. The van der Waals surface area contributed by atoms with Crippen molar-refractivity contribution in [2.24, 2.45) is 11.3 Å². The first-order valence-electron chi connectivity index (χ1n) is 13.4. The number of hydrogen-bond acceptors (Lipinski definition) is 6. The molecule has 216 valence electrons. The molecule has 4 rings (SSSR count). The van der Waals surface area contributed by atoms with Crippen LogP contribution >= 0.6 is 11.6 Å². The summed E-state index contributed by atoms with van der Waals surface area (Å²) >= 11 is 6.47. The summed E-state index contributed by atoms with van der Waals surface area (Å²) < 4.78 is 17.8. The van der Waals surface area contributed by atoms with Crippen molar-refractivity contribution in [3.8, 4) is 11.5 Å². The van der Waals surface area contributed by atoms with E-state index in [9.17, 15) is 19.5 Å². The molecule has 2 heterocycles. The number of carbonyl (C=O) groups excluding carboxylic acids is 2. The van der Waals surface area contributed by atoms with Gasteiger partial charge in [0.15, 0.2) is 11.5 Å². The van der Waals surface area contributed by atoms with Crippen LogP contribution in [0.15, 0.2) is 36.4 Å². The lowest BCUT2D eigenvalue weighted by atomic mass is 9.94. The van der Waals surface area contributed by atoms with Gasteiger partial charge in [-0.2, -0.15) is 0 Å². The first kappa shape index (κ1) is 29.7. The number of benzene rings is 2. The van der Waals surface area contributed by atoms with E-state index < -0.39 is 24.1 Å². The number of para-hydroxylation sites is 1. The maximum absolute atomic E-state index is 14.2. The van der Waals surface area contributed by atoms with Gasteiger partial charge in [0.2, 0.25) is 5.91 Å². The fourth-order valence-corrected chi connectivity index (χ4v) is 5.58. The summed E-state index contributed by atoms with van der Waals surface area (Å²) in [5.41, 5.74) is 1.65. The van der Waals surface area contributed by atoms with Crippen molar-refractivity contribution in [1.29, 1.82) is 0 Å². The molecule has 10 heteroatoms. The highest BCUT2D eigenvalue weighted by Gasteiger charge is 2.41. The SMILES string of the molecule is COc1cccc(C2OC(CC(=O)N3CCCC(C(=O)O)C3)C(=O)N(CC(C)(C)C)c3ccc(Cl)cc32)c1OC. The number of likely N-dealkylation sites (tertiary alicyclic amines) is 1. The van der Waals surface area contributed by atoms with Gasteiger partial charge in [-0.1, -0.05) is 44.5 Å². The number of rotatable bonds is 7. The van der Waals surface area contributed by atoms with E-state index in [-0.39, 0.29) is 30.2 Å². The summed E-state index contributed by atoms with van der Waals surface area (Å²) in [7, 11) is 3.07. The Morgan fingerprint density at radius 2 is 1.88 bits per heavy atom. The second kappa shape index (κ2) is 12.1. The maximum Gasteiger partial charge on any atom is 0.308 e. The number of methoxy groups -OCH3 is 2. The summed E-state index contributed by atoms with van der Waals surface area (Å²) in [6, 6.07) is 10.7. The van der Waals surface area contributed by atoms with Crippen LogP contribution in [0.2, 0.25) is 5.02 Å². The third-order valence-electron chi connectivity index (χ3n) is 7.24. The Bertz CT molecular complexity index is 1280. The zero-order valence-electron chi connectivity index (χ0n) is 23.6. The first-order valence-corrected chi connectivity index (χ1v) is 13.8. The number of hydrogen-bond donors (Lipinski definition) is 1. The fraction of sp³-hybridized carbons (Fsp3) is 0.500. The largest absolute Gasteiger partial charge is 0.493 e. The molecule has 0 aliphatic carbocycles. The lowest BCUT2D eigenvalue weighted by Crippen LogP contribution is -2.47. The Balaban J connectivity index is 1.80. The van der Waals surface area contributed by atoms with E-state index in [0.717, 1.165) is 0 Å². The Morgan fingerprint density at radius 1 is 1.12 bits per heavy atom. The summed E-state index contributed by atoms with van der Waals surface area (Å²) in [6.07, 6.45) is -1.06. The lowest BCUT2D eigenvalue weighted by molar-refractivity contribution is -0.148. The molecular formula is C30H37ClN2O7. The van der Waals surface area contributed by atoms with Gasteiger partial charge in [-0.3, -0.25) is 14.4 Å². The van der Waals surface area contributed by atoms with Gasteiger partial charge in [0.05, 0.1) is 26.6 Å². The number of carboxylic acid groups (broad SMARTS) is 1. The molecule has 3 atom stereocenters. The van der Waals surface area contributed by atoms with Crippen LogP contribution in [0.3, 0.4) is 0 Å². The Morgan fingerprint density at radius 3 is 2.52 bits per heavy atom. The predicted molar refractivity (Wildman–Crippen MR) is 151 cm³/mol. The molecule has 1 saturated heterocycles. The number of nitrogens with zero attached hydrogens (tertiary/aromatic N) is 2. The van der Waals surface area contributed by atoms with Gasteiger partial charge in [-0.15, -0.1) is 0 Å². The zero-order valence-corrected chi connectivity index (χ0v) is 24.4. The Kier molecular flexibility index (Phi) is 8.95. The molecule has 0 radical (unpaired) electrons. The average Bonchev–Trinajstić information content (AvgIpc) is 3.02. The summed E-state index contributed by atoms with van der Waals surface area (Å²) in [4.78, 5) is 42.5. The third-order valence-corrected chi connectivity index (χ3v) is 7.47. The van der Waals surface area contributed by atoms with E-state index >= 15 is 0 Å². The molecule has 0 bridgehead atoms. The molecule has 0 aromatic heterocycles. The monoisotopic (exact) mass is 572 g/mol. The molecule has 2 aromatic rings. The van der Waals surface area contributed by atoms with Gasteiger partial charge in [-0.05, 0) is 42.5 Å². The summed E-state index contributed by atoms with van der Waals surface area (Å²) in [5, 5.41) is 9.97. The second-order valence-corrected chi connectivity index (χ2v) is 11.9. The molecule has 2 aromatic carbocycles. The highest BCUT2D eigenvalue weighted by molar-refractivity contribution is 6.30. The topological polar surface area (TPSA) is 106 Å². The van der Waals surface area contributed by atoms with Crippen LogP contribution in [0.25, 0.3) is 0 Å². The number of fused-ring (bicyclic) bond motifs is 1. The van der Waals surface area contributed by atoms with Crippen molar-refractivity contribution in [2.75, 3.05) is 38.8 Å². The number of aliphatic carboxylic acids is 1. The fourth-order valence-electron chi connectivity index (χ4n) is 5.39. The van der Waals surface area contributed by atoms with Gasteiger partial charge in [0.1, 0.15) is 12.2 Å². The predicted octanol–water partition coefficient (Wildman–Crippen LogP) is 4.94. The van der Waals surface area contributed by atoms with E-state index in [1.165, 1.54) is 12.0 Å². The minimum absolute atomic E-state index is 0.115. The number of carboxylic acids is 1. The normalized spacial score (nSPS) is 21.4. The zero-order chi connectivity index (χ0) is 29.2. The standard InChI is InChI=1S/C30H37ClN2O7/c1-30(2,3)17-33-22-12-11-19(31)14-21(22)26(20-9-6-10-23(38-4)27(20)39-5)40-24(28(33)35)15-25(34)32-13-7-8-18(16-32)29(36)37/h6,9-12,14,18,24,26H,7-8,13,15-17H2,1-5H3,(H,36,37). The van der Waals surface area contributed by atoms with Crippen molar-refractivity contribution in [2.45, 2.75) is 52.2 Å². The summed E-state index contributed by atoms with van der Waals surface area (Å²) in [5.74, 6) is -1.27. The second-order valence-electron chi connectivity index (χ2n) is 11.5. The van der Waals surface area contributed by atoms with Crippen LogP contribution in [-0.2, 0) is 19.1 Å². The summed E-state index contributed by atoms with van der Waals surface area (Å²) in [6.45, 7) is 7.03. The molecule has 3 unspecified atom stereocenters. The average molecular weight is 573 g/mol. The number of carbonyl (C=O) groups is 3. The van der Waals surface area contributed by atoms with Crippen molar-refractivity contribution in [1.82, 2.24) is 4.90 Å². The van der Waals surface area contributed by atoms with Crippen LogP contribution in [0.1, 0.15) is 57.3 Å². The van der Waals surface area contributed by atoms with E-state index in [4.69, 9.17) is 25.8 Å². The number of anilines is 1. The van der Waals surface area contributed by atoms with Crippen LogP contribution in [-0.4, -0.2) is 67.7 Å². The van der Waals surface area contributed by atoms with Crippen LogP contribution in [0.4, 0.5) is 5.69 Å². The lowest BCUT2D eigenvalue weighted by Gasteiger charge is -2.33. The molecule has 2 amide bonds. The molecule has 0 spiro atoms. The van der Waals surface area contributed by atoms with Crippen molar-refractivity contribution in [3.05, 3.63) is 52.5 Å². The van der Waals surface area contributed by atoms with E-state index in [1.54, 1.807) is 36.3 Å². The minimum Gasteiger partial charge on any atom is -0.493 e. The molecular weight excluding hydrogens is 536 g/mol. The van der Waals surface area contributed by atoms with Crippen molar-refractivity contribution >= 4 is 35.1 Å². The molecule has 1 N–H and O–H groups in total. The Hall–Kier alpha value is -3.30. The van der Waals surface area contributed by atoms with Gasteiger partial charge in [0.25, 0.3) is 5.91 Å². The van der Waals surface area contributed by atoms with Crippen LogP contribution < -0.4 is 14.4 Å². The number of piperidine rings is 1. The quantitative estimate of drug-likeness (QED) is 0.501. The van der Waals surface area contributed by atoms with Gasteiger partial charge < -0.3 is 29.1 Å². The maximum atomic E-state index is 14.2. The van der Waals surface area contributed by atoms with Crippen molar-refractivity contribution in [3.63, 3.8) is 0 Å². The molecule has 1 fully saturated rings. The number of halogens is 1. The minimum atomic E-state index is -1.13.